The van der Waals surface area contributed by atoms with Gasteiger partial charge in [-0.25, -0.2) is 0 Å². The third kappa shape index (κ3) is 4.42. The fourth-order valence-corrected chi connectivity index (χ4v) is 3.65. The first kappa shape index (κ1) is 20.6. The summed E-state index contributed by atoms with van der Waals surface area (Å²) in [5.41, 5.74) is 1.49. The third-order valence-corrected chi connectivity index (χ3v) is 5.40. The maximum atomic E-state index is 12.9. The molecule has 2 heterocycles. The molecule has 1 aliphatic rings. The number of aryl methyl sites for hydroxylation is 1. The first-order chi connectivity index (χ1) is 15.1. The molecule has 0 aliphatic carbocycles. The second-order valence-corrected chi connectivity index (χ2v) is 7.55. The van der Waals surface area contributed by atoms with Crippen LogP contribution in [0.1, 0.15) is 29.4 Å². The highest BCUT2D eigenvalue weighted by Crippen LogP contribution is 2.28. The second kappa shape index (κ2) is 8.99. The number of methoxy groups -OCH3 is 1. The Hall–Kier alpha value is -3.68. The lowest BCUT2D eigenvalue weighted by Gasteiger charge is -2.17. The Morgan fingerprint density at radius 2 is 1.84 bits per heavy atom. The van der Waals surface area contributed by atoms with E-state index in [0.717, 1.165) is 24.3 Å². The van der Waals surface area contributed by atoms with Gasteiger partial charge in [0.05, 0.1) is 7.11 Å². The summed E-state index contributed by atoms with van der Waals surface area (Å²) in [6.45, 7) is 2.94. The van der Waals surface area contributed by atoms with Crippen LogP contribution in [0.15, 0.2) is 59.4 Å². The summed E-state index contributed by atoms with van der Waals surface area (Å²) in [4.78, 5) is 27.4. The zero-order valence-corrected chi connectivity index (χ0v) is 17.6. The summed E-state index contributed by atoms with van der Waals surface area (Å²) in [5, 5.41) is 11.0. The molecule has 31 heavy (non-hydrogen) atoms. The smallest absolute Gasteiger partial charge is 0.286 e. The van der Waals surface area contributed by atoms with Gasteiger partial charge in [-0.2, -0.15) is 0 Å². The molecule has 3 aromatic rings. The van der Waals surface area contributed by atoms with Crippen molar-refractivity contribution in [2.24, 2.45) is 0 Å². The van der Waals surface area contributed by atoms with Crippen molar-refractivity contribution in [2.45, 2.75) is 32.4 Å². The molecule has 1 aromatic heterocycles. The largest absolute Gasteiger partial charge is 0.497 e. The summed E-state index contributed by atoms with van der Waals surface area (Å²) in [6, 6.07) is 17.5. The van der Waals surface area contributed by atoms with Gasteiger partial charge < -0.3 is 15.0 Å². The number of carbonyl (C=O) groups excluding carboxylic acids is 1. The molecular weight excluding hydrogens is 394 g/mol. The Kier molecular flexibility index (Phi) is 5.97. The van der Waals surface area contributed by atoms with Gasteiger partial charge in [0.1, 0.15) is 5.75 Å². The van der Waals surface area contributed by atoms with E-state index in [9.17, 15) is 9.59 Å². The zero-order valence-electron chi connectivity index (χ0n) is 17.6. The summed E-state index contributed by atoms with van der Waals surface area (Å²) in [6.07, 6.45) is 1.61. The van der Waals surface area contributed by atoms with Crippen molar-refractivity contribution >= 4 is 17.5 Å². The van der Waals surface area contributed by atoms with Crippen molar-refractivity contribution < 1.29 is 9.53 Å². The molecule has 1 unspecified atom stereocenters. The number of hydrogen-bond acceptors (Lipinski definition) is 6. The minimum Gasteiger partial charge on any atom is -0.497 e. The lowest BCUT2D eigenvalue weighted by Crippen LogP contribution is -2.39. The topological polar surface area (TPSA) is 89.3 Å². The van der Waals surface area contributed by atoms with Gasteiger partial charge in [0, 0.05) is 24.8 Å². The van der Waals surface area contributed by atoms with Crippen LogP contribution < -0.4 is 20.5 Å². The number of aromatic nitrogens is 3. The molecule has 0 saturated carbocycles. The molecule has 1 amide bonds. The maximum Gasteiger partial charge on any atom is 0.286 e. The molecule has 1 atom stereocenters. The van der Waals surface area contributed by atoms with Crippen LogP contribution in [0.25, 0.3) is 0 Å². The number of benzene rings is 2. The minimum atomic E-state index is -0.490. The van der Waals surface area contributed by atoms with Crippen molar-refractivity contribution in [3.63, 3.8) is 0 Å². The van der Waals surface area contributed by atoms with Crippen molar-refractivity contribution in [1.82, 2.24) is 20.1 Å². The Bertz CT molecular complexity index is 1110. The van der Waals surface area contributed by atoms with Gasteiger partial charge >= 0.3 is 0 Å². The average Bonchev–Trinajstić information content (AvgIpc) is 3.23. The van der Waals surface area contributed by atoms with Crippen molar-refractivity contribution in [3.8, 4) is 5.75 Å². The van der Waals surface area contributed by atoms with E-state index < -0.39 is 11.5 Å². The van der Waals surface area contributed by atoms with Crippen LogP contribution in [0.3, 0.4) is 0 Å². The summed E-state index contributed by atoms with van der Waals surface area (Å²) in [7, 11) is 1.61. The molecule has 0 spiro atoms. The Balaban J connectivity index is 1.45. The molecule has 8 nitrogen and oxygen atoms in total. The van der Waals surface area contributed by atoms with Crippen LogP contribution in [0.4, 0.5) is 11.6 Å². The molecule has 4 rings (SSSR count). The lowest BCUT2D eigenvalue weighted by atomic mass is 10.1. The van der Waals surface area contributed by atoms with Gasteiger partial charge in [-0.05, 0) is 49.6 Å². The first-order valence-electron chi connectivity index (χ1n) is 10.3. The fraction of sp³-hybridized carbons (Fsp3) is 0.304. The highest BCUT2D eigenvalue weighted by molar-refractivity contribution is 5.92. The zero-order chi connectivity index (χ0) is 21.8. The summed E-state index contributed by atoms with van der Waals surface area (Å²) in [5.74, 6) is 0.694. The summed E-state index contributed by atoms with van der Waals surface area (Å²) < 4.78 is 6.69. The second-order valence-electron chi connectivity index (χ2n) is 7.55. The number of rotatable bonds is 7. The average molecular weight is 419 g/mol. The quantitative estimate of drug-likeness (QED) is 0.633. The monoisotopic (exact) mass is 419 g/mol. The van der Waals surface area contributed by atoms with E-state index in [1.807, 2.05) is 54.3 Å². The molecule has 0 fully saturated rings. The SMILES string of the molecule is COc1ccc(N2CCn3c2nnc(C(=O)NC(C)CCc2ccccc2)c3=O)cc1. The molecule has 8 heteroatoms. The standard InChI is InChI=1S/C23H25N5O3/c1-16(8-9-17-6-4-3-5-7-17)24-21(29)20-22(30)28-15-14-27(23(28)26-25-20)18-10-12-19(31-2)13-11-18/h3-7,10-13,16H,8-9,14-15H2,1-2H3,(H,24,29). The van der Waals surface area contributed by atoms with Crippen LogP contribution in [0.5, 0.6) is 5.75 Å². The normalized spacial score (nSPS) is 13.5. The van der Waals surface area contributed by atoms with Crippen LogP contribution in [-0.4, -0.2) is 40.4 Å². The molecule has 0 saturated heterocycles. The van der Waals surface area contributed by atoms with Crippen LogP contribution >= 0.6 is 0 Å². The fourth-order valence-electron chi connectivity index (χ4n) is 3.65. The van der Waals surface area contributed by atoms with E-state index in [2.05, 4.69) is 27.6 Å². The van der Waals surface area contributed by atoms with Crippen LogP contribution in [0, 0.1) is 0 Å². The van der Waals surface area contributed by atoms with E-state index in [1.165, 1.54) is 10.1 Å². The number of hydrogen-bond donors (Lipinski definition) is 1. The Morgan fingerprint density at radius 3 is 2.55 bits per heavy atom. The number of fused-ring (bicyclic) bond motifs is 1. The first-order valence-corrected chi connectivity index (χ1v) is 10.3. The van der Waals surface area contributed by atoms with Gasteiger partial charge in [0.15, 0.2) is 0 Å². The minimum absolute atomic E-state index is 0.0945. The third-order valence-electron chi connectivity index (χ3n) is 5.40. The van der Waals surface area contributed by atoms with Gasteiger partial charge in [-0.1, -0.05) is 30.3 Å². The number of nitrogens with one attached hydrogen (secondary N) is 1. The van der Waals surface area contributed by atoms with Crippen molar-refractivity contribution in [3.05, 3.63) is 76.2 Å². The summed E-state index contributed by atoms with van der Waals surface area (Å²) >= 11 is 0. The molecule has 160 valence electrons. The number of ether oxygens (including phenoxy) is 1. The maximum absolute atomic E-state index is 12.9. The Morgan fingerprint density at radius 1 is 1.10 bits per heavy atom. The highest BCUT2D eigenvalue weighted by Gasteiger charge is 2.27. The van der Waals surface area contributed by atoms with E-state index in [4.69, 9.17) is 4.74 Å². The molecule has 1 aliphatic heterocycles. The van der Waals surface area contributed by atoms with Crippen molar-refractivity contribution in [2.75, 3.05) is 18.6 Å². The van der Waals surface area contributed by atoms with Gasteiger partial charge in [0.2, 0.25) is 11.6 Å². The van der Waals surface area contributed by atoms with E-state index >= 15 is 0 Å². The van der Waals surface area contributed by atoms with E-state index in [-0.39, 0.29) is 11.7 Å². The lowest BCUT2D eigenvalue weighted by molar-refractivity contribution is 0.0930. The van der Waals surface area contributed by atoms with E-state index in [1.54, 1.807) is 7.11 Å². The number of carbonyl (C=O) groups is 1. The Labute approximate surface area is 180 Å². The highest BCUT2D eigenvalue weighted by atomic mass is 16.5. The number of nitrogens with zero attached hydrogens (tertiary/aromatic N) is 4. The molecular formula is C23H25N5O3. The molecule has 0 radical (unpaired) electrons. The number of amides is 1. The van der Waals surface area contributed by atoms with E-state index in [0.29, 0.717) is 19.0 Å². The predicted octanol–water partition coefficient (Wildman–Crippen LogP) is 2.55. The van der Waals surface area contributed by atoms with Crippen LogP contribution in [0.2, 0.25) is 0 Å². The molecule has 2 aromatic carbocycles. The predicted molar refractivity (Wildman–Crippen MR) is 118 cm³/mol. The number of anilines is 2. The van der Waals surface area contributed by atoms with Gasteiger partial charge in [0.25, 0.3) is 11.5 Å². The van der Waals surface area contributed by atoms with Crippen molar-refractivity contribution in [1.29, 1.82) is 0 Å². The van der Waals surface area contributed by atoms with Crippen LogP contribution in [-0.2, 0) is 13.0 Å². The van der Waals surface area contributed by atoms with Gasteiger partial charge in [-0.3, -0.25) is 14.2 Å². The molecule has 0 bridgehead atoms. The molecule has 1 N–H and O–H groups in total. The van der Waals surface area contributed by atoms with Gasteiger partial charge in [-0.15, -0.1) is 10.2 Å².